The standard InChI is InChI=1S/C19H21F3N2O2S/c20-19(21,22)16-7-4-8-18(13-16)27(25,26)23-17-9-11-24(12-10-17)14-15-5-2-1-3-6-15/h1-8,13,17,23H,9-12,14H2. The Hall–Kier alpha value is -1.90. The van der Waals surface area contributed by atoms with Crippen LogP contribution in [0.4, 0.5) is 13.2 Å². The first kappa shape index (κ1) is 19.9. The molecule has 1 aliphatic rings. The smallest absolute Gasteiger partial charge is 0.299 e. The number of alkyl halides is 3. The van der Waals surface area contributed by atoms with Crippen molar-refractivity contribution in [2.24, 2.45) is 0 Å². The summed E-state index contributed by atoms with van der Waals surface area (Å²) in [6.45, 7) is 2.25. The molecule has 0 saturated carbocycles. The molecule has 1 aliphatic heterocycles. The van der Waals surface area contributed by atoms with Gasteiger partial charge < -0.3 is 0 Å². The minimum atomic E-state index is -4.58. The van der Waals surface area contributed by atoms with Crippen molar-refractivity contribution in [3.05, 3.63) is 65.7 Å². The molecule has 0 atom stereocenters. The van der Waals surface area contributed by atoms with Gasteiger partial charge in [-0.3, -0.25) is 4.90 Å². The average molecular weight is 398 g/mol. The van der Waals surface area contributed by atoms with Gasteiger partial charge in [-0.05, 0) is 36.6 Å². The third kappa shape index (κ3) is 5.31. The second kappa shape index (κ2) is 8.00. The lowest BCUT2D eigenvalue weighted by molar-refractivity contribution is -0.137. The molecule has 3 rings (SSSR count). The Kier molecular flexibility index (Phi) is 5.88. The van der Waals surface area contributed by atoms with Crippen LogP contribution in [0.15, 0.2) is 59.5 Å². The Morgan fingerprint density at radius 1 is 1.00 bits per heavy atom. The fraction of sp³-hybridized carbons (Fsp3) is 0.368. The van der Waals surface area contributed by atoms with E-state index in [-0.39, 0.29) is 10.9 Å². The van der Waals surface area contributed by atoms with Crippen LogP contribution in [0.5, 0.6) is 0 Å². The maximum Gasteiger partial charge on any atom is 0.416 e. The molecule has 1 heterocycles. The molecule has 8 heteroatoms. The Morgan fingerprint density at radius 2 is 1.67 bits per heavy atom. The summed E-state index contributed by atoms with van der Waals surface area (Å²) in [4.78, 5) is 1.88. The van der Waals surface area contributed by atoms with E-state index >= 15 is 0 Å². The number of piperidine rings is 1. The molecule has 1 N–H and O–H groups in total. The van der Waals surface area contributed by atoms with Gasteiger partial charge in [0.1, 0.15) is 0 Å². The van der Waals surface area contributed by atoms with Crippen LogP contribution in [-0.4, -0.2) is 32.4 Å². The molecule has 2 aromatic rings. The molecule has 27 heavy (non-hydrogen) atoms. The summed E-state index contributed by atoms with van der Waals surface area (Å²) in [6, 6.07) is 13.5. The number of hydrogen-bond donors (Lipinski definition) is 1. The zero-order chi connectivity index (χ0) is 19.5. The summed E-state index contributed by atoms with van der Waals surface area (Å²) in [5, 5.41) is 0. The number of nitrogens with one attached hydrogen (secondary N) is 1. The van der Waals surface area contributed by atoms with E-state index in [1.54, 1.807) is 0 Å². The second-order valence-corrected chi connectivity index (χ2v) is 8.40. The second-order valence-electron chi connectivity index (χ2n) is 6.68. The van der Waals surface area contributed by atoms with Gasteiger partial charge in [0.15, 0.2) is 0 Å². The fourth-order valence-electron chi connectivity index (χ4n) is 3.18. The van der Waals surface area contributed by atoms with Crippen LogP contribution in [0.1, 0.15) is 24.0 Å². The van der Waals surface area contributed by atoms with E-state index in [1.807, 2.05) is 30.3 Å². The summed E-state index contributed by atoms with van der Waals surface area (Å²) in [5.74, 6) is 0. The maximum absolute atomic E-state index is 12.8. The number of benzene rings is 2. The Labute approximate surface area is 157 Å². The molecular formula is C19H21F3N2O2S. The van der Waals surface area contributed by atoms with Crippen molar-refractivity contribution in [3.63, 3.8) is 0 Å². The lowest BCUT2D eigenvalue weighted by Gasteiger charge is -2.32. The highest BCUT2D eigenvalue weighted by atomic mass is 32.2. The van der Waals surface area contributed by atoms with E-state index < -0.39 is 21.8 Å². The van der Waals surface area contributed by atoms with Gasteiger partial charge in [-0.2, -0.15) is 13.2 Å². The molecule has 0 radical (unpaired) electrons. The zero-order valence-electron chi connectivity index (χ0n) is 14.6. The summed E-state index contributed by atoms with van der Waals surface area (Å²) in [6.07, 6.45) is -3.34. The van der Waals surface area contributed by atoms with Crippen molar-refractivity contribution in [2.45, 2.75) is 36.5 Å². The monoisotopic (exact) mass is 398 g/mol. The molecule has 146 valence electrons. The van der Waals surface area contributed by atoms with Crippen molar-refractivity contribution in [1.82, 2.24) is 9.62 Å². The number of likely N-dealkylation sites (tertiary alicyclic amines) is 1. The third-order valence-corrected chi connectivity index (χ3v) is 6.15. The molecule has 0 unspecified atom stereocenters. The van der Waals surface area contributed by atoms with E-state index in [4.69, 9.17) is 0 Å². The summed E-state index contributed by atoms with van der Waals surface area (Å²) >= 11 is 0. The van der Waals surface area contributed by atoms with Crippen LogP contribution >= 0.6 is 0 Å². The molecule has 0 aromatic heterocycles. The molecule has 2 aromatic carbocycles. The Balaban J connectivity index is 1.59. The van der Waals surface area contributed by atoms with Gasteiger partial charge in [0.25, 0.3) is 0 Å². The SMILES string of the molecule is O=S(=O)(NC1CCN(Cc2ccccc2)CC1)c1cccc(C(F)(F)F)c1. The van der Waals surface area contributed by atoms with Gasteiger partial charge in [-0.25, -0.2) is 13.1 Å². The third-order valence-electron chi connectivity index (χ3n) is 4.63. The highest BCUT2D eigenvalue weighted by molar-refractivity contribution is 7.89. The van der Waals surface area contributed by atoms with Gasteiger partial charge in [0.05, 0.1) is 10.5 Å². The van der Waals surface area contributed by atoms with Crippen LogP contribution in [0.3, 0.4) is 0 Å². The Bertz CT molecular complexity index is 862. The van der Waals surface area contributed by atoms with Crippen LogP contribution in [0.25, 0.3) is 0 Å². The van der Waals surface area contributed by atoms with E-state index in [2.05, 4.69) is 9.62 Å². The number of sulfonamides is 1. The van der Waals surface area contributed by atoms with E-state index in [0.29, 0.717) is 18.9 Å². The van der Waals surface area contributed by atoms with Gasteiger partial charge in [-0.15, -0.1) is 0 Å². The van der Waals surface area contributed by atoms with Crippen LogP contribution in [0, 0.1) is 0 Å². The van der Waals surface area contributed by atoms with Crippen molar-refractivity contribution >= 4 is 10.0 Å². The van der Waals surface area contributed by atoms with Crippen LogP contribution in [-0.2, 0) is 22.7 Å². The minimum Gasteiger partial charge on any atom is -0.299 e. The molecule has 0 aliphatic carbocycles. The Morgan fingerprint density at radius 3 is 2.30 bits per heavy atom. The topological polar surface area (TPSA) is 49.4 Å². The lowest BCUT2D eigenvalue weighted by Crippen LogP contribution is -2.44. The molecule has 4 nitrogen and oxygen atoms in total. The minimum absolute atomic E-state index is 0.281. The van der Waals surface area contributed by atoms with Crippen molar-refractivity contribution in [1.29, 1.82) is 0 Å². The summed E-state index contributed by atoms with van der Waals surface area (Å²) in [7, 11) is -3.99. The maximum atomic E-state index is 12.8. The largest absolute Gasteiger partial charge is 0.416 e. The molecular weight excluding hydrogens is 377 g/mol. The van der Waals surface area contributed by atoms with Crippen molar-refractivity contribution in [2.75, 3.05) is 13.1 Å². The zero-order valence-corrected chi connectivity index (χ0v) is 15.4. The van der Waals surface area contributed by atoms with Crippen LogP contribution in [0.2, 0.25) is 0 Å². The van der Waals surface area contributed by atoms with E-state index in [1.165, 1.54) is 11.6 Å². The van der Waals surface area contributed by atoms with Gasteiger partial charge in [-0.1, -0.05) is 36.4 Å². The highest BCUT2D eigenvalue weighted by Gasteiger charge is 2.32. The average Bonchev–Trinajstić information content (AvgIpc) is 2.63. The first-order valence-corrected chi connectivity index (χ1v) is 10.2. The van der Waals surface area contributed by atoms with Gasteiger partial charge in [0, 0.05) is 25.7 Å². The molecule has 0 amide bonds. The van der Waals surface area contributed by atoms with Crippen molar-refractivity contribution < 1.29 is 21.6 Å². The normalized spacial score (nSPS) is 17.1. The first-order valence-electron chi connectivity index (χ1n) is 8.70. The van der Waals surface area contributed by atoms with Gasteiger partial charge >= 0.3 is 6.18 Å². The lowest BCUT2D eigenvalue weighted by atomic mass is 10.1. The highest BCUT2D eigenvalue weighted by Crippen LogP contribution is 2.30. The van der Waals surface area contributed by atoms with Crippen LogP contribution < -0.4 is 4.72 Å². The first-order chi connectivity index (χ1) is 12.7. The molecule has 0 spiro atoms. The van der Waals surface area contributed by atoms with E-state index in [0.717, 1.165) is 31.8 Å². The number of halogens is 3. The summed E-state index contributed by atoms with van der Waals surface area (Å²) < 4.78 is 65.9. The summed E-state index contributed by atoms with van der Waals surface area (Å²) in [5.41, 5.74) is 0.226. The predicted molar refractivity (Wildman–Crippen MR) is 96.5 cm³/mol. The number of nitrogens with zero attached hydrogens (tertiary/aromatic N) is 1. The van der Waals surface area contributed by atoms with E-state index in [9.17, 15) is 21.6 Å². The molecule has 1 saturated heterocycles. The van der Waals surface area contributed by atoms with Crippen molar-refractivity contribution in [3.8, 4) is 0 Å². The number of rotatable bonds is 5. The van der Waals surface area contributed by atoms with Gasteiger partial charge in [0.2, 0.25) is 10.0 Å². The fourth-order valence-corrected chi connectivity index (χ4v) is 4.53. The quantitative estimate of drug-likeness (QED) is 0.837. The number of hydrogen-bond acceptors (Lipinski definition) is 3. The predicted octanol–water partition coefficient (Wildman–Crippen LogP) is 3.65. The molecule has 0 bridgehead atoms. The molecule has 1 fully saturated rings.